The van der Waals surface area contributed by atoms with E-state index < -0.39 is 0 Å². The van der Waals surface area contributed by atoms with Crippen LogP contribution in [0.25, 0.3) is 0 Å². The maximum atomic E-state index is 11.4. The van der Waals surface area contributed by atoms with Gasteiger partial charge in [-0.2, -0.15) is 5.10 Å². The Morgan fingerprint density at radius 1 is 1.44 bits per heavy atom. The Morgan fingerprint density at radius 3 is 2.94 bits per heavy atom. The number of unbranched alkanes of at least 4 members (excludes halogenated alkanes) is 1. The molecule has 0 spiro atoms. The normalized spacial score (nSPS) is 10.6. The smallest absolute Gasteiger partial charge is 0.165 e. The largest absolute Gasteiger partial charge is 0.380 e. The lowest BCUT2D eigenvalue weighted by Gasteiger charge is -2.02. The molecule has 0 amide bonds. The van der Waals surface area contributed by atoms with E-state index in [0.717, 1.165) is 19.4 Å². The number of hydrogen-bond donors (Lipinski definition) is 0. The van der Waals surface area contributed by atoms with E-state index in [9.17, 15) is 4.79 Å². The lowest BCUT2D eigenvalue weighted by atomic mass is 10.2. The van der Waals surface area contributed by atoms with Crippen LogP contribution in [0.3, 0.4) is 0 Å². The van der Waals surface area contributed by atoms with Gasteiger partial charge in [0, 0.05) is 19.2 Å². The molecular formula is C12H20N2O2. The Hall–Kier alpha value is -1.16. The number of hydrogen-bond acceptors (Lipinski definition) is 3. The summed E-state index contributed by atoms with van der Waals surface area (Å²) in [7, 11) is 0. The van der Waals surface area contributed by atoms with E-state index in [2.05, 4.69) is 12.0 Å². The minimum Gasteiger partial charge on any atom is -0.380 e. The number of carbonyl (C=O) groups is 1. The molecule has 4 nitrogen and oxygen atoms in total. The fraction of sp³-hybridized carbons (Fsp3) is 0.667. The molecule has 1 aromatic heterocycles. The van der Waals surface area contributed by atoms with Gasteiger partial charge >= 0.3 is 0 Å². The Balaban J connectivity index is 2.27. The third kappa shape index (κ3) is 4.14. The number of rotatable bonds is 8. The first-order chi connectivity index (χ1) is 7.77. The second-order valence-corrected chi connectivity index (χ2v) is 3.73. The molecule has 0 aliphatic rings. The maximum absolute atomic E-state index is 11.4. The van der Waals surface area contributed by atoms with Crippen LogP contribution in [0.15, 0.2) is 12.4 Å². The molecule has 0 saturated heterocycles. The van der Waals surface area contributed by atoms with Crippen molar-refractivity contribution in [1.82, 2.24) is 9.78 Å². The summed E-state index contributed by atoms with van der Waals surface area (Å²) < 4.78 is 7.19. The zero-order chi connectivity index (χ0) is 11.8. The molecule has 0 bridgehead atoms. The van der Waals surface area contributed by atoms with E-state index in [1.165, 1.54) is 0 Å². The monoisotopic (exact) mass is 224 g/mol. The van der Waals surface area contributed by atoms with Gasteiger partial charge in [0.1, 0.15) is 0 Å². The van der Waals surface area contributed by atoms with Crippen LogP contribution < -0.4 is 0 Å². The average Bonchev–Trinajstić information content (AvgIpc) is 2.76. The van der Waals surface area contributed by atoms with Crippen LogP contribution in [-0.2, 0) is 11.3 Å². The van der Waals surface area contributed by atoms with Crippen LogP contribution in [0, 0.1) is 0 Å². The number of ketones is 1. The summed E-state index contributed by atoms with van der Waals surface area (Å²) in [5, 5.41) is 4.12. The molecule has 16 heavy (non-hydrogen) atoms. The molecule has 1 heterocycles. The van der Waals surface area contributed by atoms with Crippen molar-refractivity contribution in [2.24, 2.45) is 0 Å². The fourth-order valence-corrected chi connectivity index (χ4v) is 1.34. The predicted octanol–water partition coefficient (Wildman–Crippen LogP) is 2.29. The van der Waals surface area contributed by atoms with Crippen LogP contribution in [0.1, 0.15) is 43.5 Å². The second kappa shape index (κ2) is 7.17. The molecule has 0 unspecified atom stereocenters. The average molecular weight is 224 g/mol. The van der Waals surface area contributed by atoms with E-state index in [1.807, 2.05) is 6.92 Å². The van der Waals surface area contributed by atoms with E-state index in [0.29, 0.717) is 25.1 Å². The van der Waals surface area contributed by atoms with Gasteiger partial charge in [0.25, 0.3) is 0 Å². The van der Waals surface area contributed by atoms with Gasteiger partial charge in [0.05, 0.1) is 24.9 Å². The lowest BCUT2D eigenvalue weighted by molar-refractivity contribution is 0.0987. The molecule has 0 aliphatic carbocycles. The summed E-state index contributed by atoms with van der Waals surface area (Å²) in [5.74, 6) is 0.137. The summed E-state index contributed by atoms with van der Waals surface area (Å²) in [4.78, 5) is 11.4. The molecule has 0 fully saturated rings. The number of carbonyl (C=O) groups excluding carboxylic acids is 1. The third-order valence-electron chi connectivity index (χ3n) is 2.38. The Labute approximate surface area is 96.6 Å². The zero-order valence-electron chi connectivity index (χ0n) is 10.1. The minimum absolute atomic E-state index is 0.137. The third-order valence-corrected chi connectivity index (χ3v) is 2.38. The molecular weight excluding hydrogens is 204 g/mol. The number of aromatic nitrogens is 2. The minimum atomic E-state index is 0.137. The fourth-order valence-electron chi connectivity index (χ4n) is 1.34. The molecule has 0 N–H and O–H groups in total. The van der Waals surface area contributed by atoms with E-state index >= 15 is 0 Å². The molecule has 0 saturated carbocycles. The SMILES string of the molecule is CCCCOCCn1cc(C(=O)CC)cn1. The molecule has 0 aromatic carbocycles. The van der Waals surface area contributed by atoms with Gasteiger partial charge in [-0.1, -0.05) is 20.3 Å². The molecule has 0 radical (unpaired) electrons. The molecule has 1 rings (SSSR count). The van der Waals surface area contributed by atoms with Crippen molar-refractivity contribution in [3.8, 4) is 0 Å². The first-order valence-corrected chi connectivity index (χ1v) is 5.91. The second-order valence-electron chi connectivity index (χ2n) is 3.73. The van der Waals surface area contributed by atoms with Gasteiger partial charge in [-0.25, -0.2) is 0 Å². The summed E-state index contributed by atoms with van der Waals surface area (Å²) >= 11 is 0. The van der Waals surface area contributed by atoms with Crippen molar-refractivity contribution in [3.63, 3.8) is 0 Å². The van der Waals surface area contributed by atoms with Gasteiger partial charge in [-0.15, -0.1) is 0 Å². The quantitative estimate of drug-likeness (QED) is 0.502. The summed E-state index contributed by atoms with van der Waals surface area (Å²) in [6.07, 6.45) is 6.18. The van der Waals surface area contributed by atoms with Crippen LogP contribution in [0.5, 0.6) is 0 Å². The van der Waals surface area contributed by atoms with Gasteiger partial charge in [-0.3, -0.25) is 9.48 Å². The first kappa shape index (κ1) is 12.9. The van der Waals surface area contributed by atoms with Gasteiger partial charge in [-0.05, 0) is 6.42 Å². The highest BCUT2D eigenvalue weighted by atomic mass is 16.5. The van der Waals surface area contributed by atoms with Crippen molar-refractivity contribution in [3.05, 3.63) is 18.0 Å². The van der Waals surface area contributed by atoms with Crippen molar-refractivity contribution in [2.45, 2.75) is 39.7 Å². The lowest BCUT2D eigenvalue weighted by Crippen LogP contribution is -2.07. The van der Waals surface area contributed by atoms with Crippen LogP contribution in [0.4, 0.5) is 0 Å². The molecule has 0 atom stereocenters. The Bertz CT molecular complexity index is 321. The molecule has 1 aromatic rings. The summed E-state index contributed by atoms with van der Waals surface area (Å²) in [6, 6.07) is 0. The summed E-state index contributed by atoms with van der Waals surface area (Å²) in [6.45, 7) is 6.16. The van der Waals surface area contributed by atoms with Crippen LogP contribution >= 0.6 is 0 Å². The zero-order valence-corrected chi connectivity index (χ0v) is 10.1. The number of nitrogens with zero attached hydrogens (tertiary/aromatic N) is 2. The molecule has 90 valence electrons. The topological polar surface area (TPSA) is 44.1 Å². The number of Topliss-reactive ketones (excluding diaryl/α,β-unsaturated/α-hetero) is 1. The Kier molecular flexibility index (Phi) is 5.78. The van der Waals surface area contributed by atoms with E-state index in [-0.39, 0.29) is 5.78 Å². The summed E-state index contributed by atoms with van der Waals surface area (Å²) in [5.41, 5.74) is 0.691. The van der Waals surface area contributed by atoms with Crippen molar-refractivity contribution < 1.29 is 9.53 Å². The van der Waals surface area contributed by atoms with E-state index in [4.69, 9.17) is 4.74 Å². The van der Waals surface area contributed by atoms with Gasteiger partial charge in [0.15, 0.2) is 5.78 Å². The van der Waals surface area contributed by atoms with Crippen LogP contribution in [-0.4, -0.2) is 28.8 Å². The molecule has 4 heteroatoms. The highest BCUT2D eigenvalue weighted by molar-refractivity contribution is 5.95. The highest BCUT2D eigenvalue weighted by Crippen LogP contribution is 2.01. The Morgan fingerprint density at radius 2 is 2.25 bits per heavy atom. The highest BCUT2D eigenvalue weighted by Gasteiger charge is 2.05. The van der Waals surface area contributed by atoms with Gasteiger partial charge < -0.3 is 4.74 Å². The predicted molar refractivity (Wildman–Crippen MR) is 62.6 cm³/mol. The van der Waals surface area contributed by atoms with E-state index in [1.54, 1.807) is 17.1 Å². The maximum Gasteiger partial charge on any atom is 0.165 e. The van der Waals surface area contributed by atoms with Crippen LogP contribution in [0.2, 0.25) is 0 Å². The van der Waals surface area contributed by atoms with Crippen molar-refractivity contribution in [1.29, 1.82) is 0 Å². The standard InChI is InChI=1S/C12H20N2O2/c1-3-5-7-16-8-6-14-10-11(9-13-14)12(15)4-2/h9-10H,3-8H2,1-2H3. The first-order valence-electron chi connectivity index (χ1n) is 5.91. The van der Waals surface area contributed by atoms with Crippen molar-refractivity contribution >= 4 is 5.78 Å². The van der Waals surface area contributed by atoms with Gasteiger partial charge in [0.2, 0.25) is 0 Å². The van der Waals surface area contributed by atoms with Crippen molar-refractivity contribution in [2.75, 3.05) is 13.2 Å². The number of ether oxygens (including phenoxy) is 1. The molecule has 0 aliphatic heterocycles.